The lowest BCUT2D eigenvalue weighted by Crippen LogP contribution is -2.19. The van der Waals surface area contributed by atoms with E-state index in [9.17, 15) is 5.11 Å². The molecule has 0 bridgehead atoms. The minimum atomic E-state index is 0.0180. The van der Waals surface area contributed by atoms with Gasteiger partial charge in [0.25, 0.3) is 0 Å². The topological polar surface area (TPSA) is 71.2 Å². The molecule has 18 heavy (non-hydrogen) atoms. The molecule has 1 aromatic carbocycles. The largest absolute Gasteiger partial charge is 0.508 e. The molecule has 5 heteroatoms. The Morgan fingerprint density at radius 1 is 1.39 bits per heavy atom. The highest BCUT2D eigenvalue weighted by molar-refractivity contribution is 5.37. The van der Waals surface area contributed by atoms with Crippen LogP contribution in [0.1, 0.15) is 35.8 Å². The molecule has 0 saturated carbocycles. The number of aromatic nitrogens is 2. The van der Waals surface area contributed by atoms with Gasteiger partial charge in [0.15, 0.2) is 5.82 Å². The number of phenolic OH excluding ortho intramolecular Hbond substituents is 1. The number of rotatable bonds is 4. The molecule has 0 aliphatic carbocycles. The molecule has 1 heterocycles. The normalized spacial score (nSPS) is 12.6. The maximum atomic E-state index is 9.87. The Hall–Kier alpha value is -1.88. The lowest BCUT2D eigenvalue weighted by atomic mass is 10.1. The molecule has 96 valence electrons. The van der Waals surface area contributed by atoms with Gasteiger partial charge in [0, 0.05) is 18.5 Å². The van der Waals surface area contributed by atoms with E-state index < -0.39 is 0 Å². The van der Waals surface area contributed by atoms with Crippen LogP contribution in [0.25, 0.3) is 0 Å². The number of nitrogens with one attached hydrogen (secondary N) is 1. The van der Waals surface area contributed by atoms with Crippen LogP contribution in [-0.4, -0.2) is 15.2 Å². The molecule has 0 fully saturated rings. The summed E-state index contributed by atoms with van der Waals surface area (Å²) in [7, 11) is 0. The molecule has 0 aliphatic rings. The highest BCUT2D eigenvalue weighted by Gasteiger charge is 2.11. The molecule has 0 spiro atoms. The fourth-order valence-corrected chi connectivity index (χ4v) is 1.79. The number of phenols is 1. The van der Waals surface area contributed by atoms with Crippen molar-refractivity contribution >= 4 is 0 Å². The number of nitrogens with zero attached hydrogens (tertiary/aromatic N) is 2. The number of benzene rings is 1. The van der Waals surface area contributed by atoms with Crippen LogP contribution in [0.4, 0.5) is 0 Å². The summed E-state index contributed by atoms with van der Waals surface area (Å²) in [5.74, 6) is 1.47. The zero-order valence-electron chi connectivity index (χ0n) is 10.8. The first-order chi connectivity index (χ1) is 8.56. The van der Waals surface area contributed by atoms with Crippen molar-refractivity contribution in [3.63, 3.8) is 0 Å². The highest BCUT2D eigenvalue weighted by atomic mass is 16.5. The summed E-state index contributed by atoms with van der Waals surface area (Å²) >= 11 is 0. The van der Waals surface area contributed by atoms with Gasteiger partial charge in [-0.3, -0.25) is 0 Å². The van der Waals surface area contributed by atoms with E-state index >= 15 is 0 Å². The van der Waals surface area contributed by atoms with E-state index in [-0.39, 0.29) is 6.04 Å². The van der Waals surface area contributed by atoms with E-state index in [0.717, 1.165) is 11.1 Å². The van der Waals surface area contributed by atoms with Gasteiger partial charge in [-0.25, -0.2) is 0 Å². The van der Waals surface area contributed by atoms with E-state index in [2.05, 4.69) is 15.5 Å². The average Bonchev–Trinajstić information content (AvgIpc) is 2.72. The molecular formula is C13H17N3O2. The van der Waals surface area contributed by atoms with Gasteiger partial charge >= 0.3 is 0 Å². The highest BCUT2D eigenvalue weighted by Crippen LogP contribution is 2.24. The van der Waals surface area contributed by atoms with Crippen molar-refractivity contribution in [2.75, 3.05) is 0 Å². The quantitative estimate of drug-likeness (QED) is 0.867. The van der Waals surface area contributed by atoms with Gasteiger partial charge < -0.3 is 14.9 Å². The average molecular weight is 247 g/mol. The fraction of sp³-hybridized carbons (Fsp3) is 0.385. The van der Waals surface area contributed by atoms with Gasteiger partial charge in [0.2, 0.25) is 5.89 Å². The lowest BCUT2D eigenvalue weighted by molar-refractivity contribution is 0.383. The zero-order valence-corrected chi connectivity index (χ0v) is 10.8. The van der Waals surface area contributed by atoms with Crippen LogP contribution >= 0.6 is 0 Å². The van der Waals surface area contributed by atoms with Gasteiger partial charge in [-0.1, -0.05) is 17.3 Å². The Balaban J connectivity index is 2.01. The Bertz CT molecular complexity index is 537. The van der Waals surface area contributed by atoms with E-state index in [4.69, 9.17) is 4.52 Å². The summed E-state index contributed by atoms with van der Waals surface area (Å²) in [5.41, 5.74) is 1.90. The van der Waals surface area contributed by atoms with Crippen LogP contribution in [0.2, 0.25) is 0 Å². The fourth-order valence-electron chi connectivity index (χ4n) is 1.79. The van der Waals surface area contributed by atoms with Crippen molar-refractivity contribution in [2.45, 2.75) is 33.4 Å². The molecule has 0 saturated heterocycles. The van der Waals surface area contributed by atoms with Crippen LogP contribution in [0, 0.1) is 13.8 Å². The van der Waals surface area contributed by atoms with E-state index in [0.29, 0.717) is 24.0 Å². The standard InChI is InChI=1S/C13H17N3O2/c1-8-4-5-11(12(17)6-8)9(2)14-7-13-15-10(3)18-16-13/h4-6,9,14,17H,7H2,1-3H3. The van der Waals surface area contributed by atoms with Crippen LogP contribution in [0.15, 0.2) is 22.7 Å². The first-order valence-electron chi connectivity index (χ1n) is 5.88. The second kappa shape index (κ2) is 5.18. The van der Waals surface area contributed by atoms with Gasteiger partial charge in [-0.2, -0.15) is 4.98 Å². The minimum Gasteiger partial charge on any atom is -0.508 e. The van der Waals surface area contributed by atoms with Gasteiger partial charge in [0.1, 0.15) is 5.75 Å². The predicted molar refractivity (Wildman–Crippen MR) is 67.1 cm³/mol. The van der Waals surface area contributed by atoms with Crippen molar-refractivity contribution in [3.8, 4) is 5.75 Å². The van der Waals surface area contributed by atoms with Crippen molar-refractivity contribution < 1.29 is 9.63 Å². The molecule has 2 aromatic rings. The molecule has 1 atom stereocenters. The Kier molecular flexibility index (Phi) is 3.62. The second-order valence-corrected chi connectivity index (χ2v) is 4.39. The maximum Gasteiger partial charge on any atom is 0.223 e. The molecule has 0 radical (unpaired) electrons. The summed E-state index contributed by atoms with van der Waals surface area (Å²) in [6.07, 6.45) is 0. The van der Waals surface area contributed by atoms with Gasteiger partial charge in [0.05, 0.1) is 6.54 Å². The molecule has 0 aliphatic heterocycles. The molecule has 1 aromatic heterocycles. The predicted octanol–water partition coefficient (Wildman–Crippen LogP) is 2.24. The molecule has 2 N–H and O–H groups in total. The van der Waals surface area contributed by atoms with Crippen molar-refractivity contribution in [1.82, 2.24) is 15.5 Å². The van der Waals surface area contributed by atoms with Gasteiger partial charge in [-0.05, 0) is 25.5 Å². The summed E-state index contributed by atoms with van der Waals surface area (Å²) in [6.45, 7) is 6.19. The Morgan fingerprint density at radius 3 is 2.78 bits per heavy atom. The smallest absolute Gasteiger partial charge is 0.223 e. The van der Waals surface area contributed by atoms with Crippen molar-refractivity contribution in [1.29, 1.82) is 0 Å². The molecular weight excluding hydrogens is 230 g/mol. The number of aromatic hydroxyl groups is 1. The van der Waals surface area contributed by atoms with Gasteiger partial charge in [-0.15, -0.1) is 0 Å². The van der Waals surface area contributed by atoms with Crippen molar-refractivity contribution in [3.05, 3.63) is 41.0 Å². The molecule has 5 nitrogen and oxygen atoms in total. The summed E-state index contributed by atoms with van der Waals surface area (Å²) in [4.78, 5) is 4.11. The summed E-state index contributed by atoms with van der Waals surface area (Å²) in [5, 5.41) is 16.9. The third-order valence-corrected chi connectivity index (χ3v) is 2.79. The zero-order chi connectivity index (χ0) is 13.1. The SMILES string of the molecule is Cc1ccc(C(C)NCc2noc(C)n2)c(O)c1. The van der Waals surface area contributed by atoms with Crippen LogP contribution in [0.3, 0.4) is 0 Å². The van der Waals surface area contributed by atoms with E-state index in [1.807, 2.05) is 26.0 Å². The minimum absolute atomic E-state index is 0.0180. The first kappa shape index (κ1) is 12.6. The van der Waals surface area contributed by atoms with E-state index in [1.165, 1.54) is 0 Å². The Labute approximate surface area is 106 Å². The number of aryl methyl sites for hydroxylation is 2. The number of hydrogen-bond acceptors (Lipinski definition) is 5. The molecule has 0 amide bonds. The third-order valence-electron chi connectivity index (χ3n) is 2.79. The molecule has 2 rings (SSSR count). The monoisotopic (exact) mass is 247 g/mol. The van der Waals surface area contributed by atoms with Crippen LogP contribution in [0.5, 0.6) is 5.75 Å². The van der Waals surface area contributed by atoms with Crippen LogP contribution < -0.4 is 5.32 Å². The lowest BCUT2D eigenvalue weighted by Gasteiger charge is -2.14. The van der Waals surface area contributed by atoms with Crippen molar-refractivity contribution in [2.24, 2.45) is 0 Å². The number of hydrogen-bond donors (Lipinski definition) is 2. The summed E-state index contributed by atoms with van der Waals surface area (Å²) in [6, 6.07) is 5.67. The second-order valence-electron chi connectivity index (χ2n) is 4.39. The third kappa shape index (κ3) is 2.87. The molecule has 1 unspecified atom stereocenters. The maximum absolute atomic E-state index is 9.87. The first-order valence-corrected chi connectivity index (χ1v) is 5.88. The van der Waals surface area contributed by atoms with Crippen LogP contribution in [-0.2, 0) is 6.54 Å². The summed E-state index contributed by atoms with van der Waals surface area (Å²) < 4.78 is 4.89. The van der Waals surface area contributed by atoms with E-state index in [1.54, 1.807) is 13.0 Å². The Morgan fingerprint density at radius 2 is 2.17 bits per heavy atom.